The van der Waals surface area contributed by atoms with E-state index in [2.05, 4.69) is 5.32 Å². The van der Waals surface area contributed by atoms with Crippen LogP contribution in [0.1, 0.15) is 18.4 Å². The summed E-state index contributed by atoms with van der Waals surface area (Å²) in [4.78, 5) is 0. The largest absolute Gasteiger partial charge is 0.310 e. The minimum Gasteiger partial charge on any atom is -0.310 e. The van der Waals surface area contributed by atoms with Crippen LogP contribution < -0.4 is 5.32 Å². The van der Waals surface area contributed by atoms with Gasteiger partial charge in [0.1, 0.15) is 5.82 Å². The van der Waals surface area contributed by atoms with Gasteiger partial charge in [0.2, 0.25) is 0 Å². The van der Waals surface area contributed by atoms with Crippen molar-refractivity contribution in [1.82, 2.24) is 5.32 Å². The maximum atomic E-state index is 13.9. The average molecular weight is 276 g/mol. The Balaban J connectivity index is 1.96. The molecule has 2 aromatic rings. The van der Waals surface area contributed by atoms with Gasteiger partial charge in [-0.1, -0.05) is 35.9 Å². The van der Waals surface area contributed by atoms with Gasteiger partial charge in [0.15, 0.2) is 0 Å². The van der Waals surface area contributed by atoms with Gasteiger partial charge in [0.25, 0.3) is 0 Å². The molecule has 2 aromatic carbocycles. The van der Waals surface area contributed by atoms with E-state index in [1.807, 2.05) is 24.3 Å². The fraction of sp³-hybridized carbons (Fsp3) is 0.250. The van der Waals surface area contributed by atoms with E-state index in [1.165, 1.54) is 18.9 Å². The molecule has 0 amide bonds. The van der Waals surface area contributed by atoms with Gasteiger partial charge in [0.05, 0.1) is 0 Å². The summed E-state index contributed by atoms with van der Waals surface area (Å²) in [7, 11) is 0. The summed E-state index contributed by atoms with van der Waals surface area (Å²) in [6.45, 7) is 0.731. The van der Waals surface area contributed by atoms with Crippen LogP contribution in [0.15, 0.2) is 42.5 Å². The van der Waals surface area contributed by atoms with Gasteiger partial charge >= 0.3 is 0 Å². The van der Waals surface area contributed by atoms with Crippen LogP contribution in [0.25, 0.3) is 11.1 Å². The lowest BCUT2D eigenvalue weighted by atomic mass is 9.99. The molecular formula is C16H15ClFN. The van der Waals surface area contributed by atoms with Crippen LogP contribution >= 0.6 is 11.6 Å². The molecule has 1 aliphatic rings. The standard InChI is InChI=1S/C16H15ClFN/c17-12-5-8-14(15-3-1-2-4-16(15)18)11(9-12)10-19-13-6-7-13/h1-5,8-9,13,19H,6-7,10H2. The van der Waals surface area contributed by atoms with Crippen molar-refractivity contribution in [2.24, 2.45) is 0 Å². The second kappa shape index (κ2) is 5.32. The number of halogens is 2. The zero-order valence-electron chi connectivity index (χ0n) is 10.5. The Labute approximate surface area is 117 Å². The van der Waals surface area contributed by atoms with Gasteiger partial charge in [-0.3, -0.25) is 0 Å². The molecule has 0 aromatic heterocycles. The van der Waals surface area contributed by atoms with Gasteiger partial charge in [0, 0.05) is 23.2 Å². The van der Waals surface area contributed by atoms with Crippen molar-refractivity contribution in [2.45, 2.75) is 25.4 Å². The van der Waals surface area contributed by atoms with Crippen LogP contribution in [0, 0.1) is 5.82 Å². The first kappa shape index (κ1) is 12.6. The van der Waals surface area contributed by atoms with Crippen LogP contribution in [0.4, 0.5) is 4.39 Å². The molecule has 1 N–H and O–H groups in total. The number of hydrogen-bond donors (Lipinski definition) is 1. The monoisotopic (exact) mass is 275 g/mol. The molecule has 0 heterocycles. The number of nitrogens with one attached hydrogen (secondary N) is 1. The van der Waals surface area contributed by atoms with E-state index in [9.17, 15) is 4.39 Å². The first-order chi connectivity index (χ1) is 9.24. The highest BCUT2D eigenvalue weighted by Gasteiger charge is 2.21. The van der Waals surface area contributed by atoms with Crippen LogP contribution in [0.3, 0.4) is 0 Å². The van der Waals surface area contributed by atoms with Crippen molar-refractivity contribution in [3.05, 3.63) is 58.9 Å². The molecule has 1 aliphatic carbocycles. The summed E-state index contributed by atoms with van der Waals surface area (Å²) in [5.74, 6) is -0.197. The quantitative estimate of drug-likeness (QED) is 0.872. The van der Waals surface area contributed by atoms with Crippen LogP contribution in [-0.4, -0.2) is 6.04 Å². The molecule has 3 heteroatoms. The van der Waals surface area contributed by atoms with Gasteiger partial charge in [-0.25, -0.2) is 4.39 Å². The fourth-order valence-electron chi connectivity index (χ4n) is 2.19. The summed E-state index contributed by atoms with van der Waals surface area (Å²) in [6, 6.07) is 13.1. The fourth-order valence-corrected chi connectivity index (χ4v) is 2.39. The lowest BCUT2D eigenvalue weighted by molar-refractivity contribution is 0.630. The predicted molar refractivity (Wildman–Crippen MR) is 76.7 cm³/mol. The van der Waals surface area contributed by atoms with Crippen molar-refractivity contribution in [3.8, 4) is 11.1 Å². The maximum absolute atomic E-state index is 13.9. The van der Waals surface area contributed by atoms with Crippen LogP contribution in [0.5, 0.6) is 0 Å². The van der Waals surface area contributed by atoms with Crippen LogP contribution in [-0.2, 0) is 6.54 Å². The summed E-state index contributed by atoms with van der Waals surface area (Å²) in [6.07, 6.45) is 2.46. The van der Waals surface area contributed by atoms with E-state index < -0.39 is 0 Å². The molecule has 0 spiro atoms. The van der Waals surface area contributed by atoms with Crippen molar-refractivity contribution in [1.29, 1.82) is 0 Å². The highest BCUT2D eigenvalue weighted by molar-refractivity contribution is 6.30. The molecule has 0 bridgehead atoms. The van der Waals surface area contributed by atoms with E-state index in [0.29, 0.717) is 16.6 Å². The first-order valence-electron chi connectivity index (χ1n) is 6.51. The molecule has 19 heavy (non-hydrogen) atoms. The van der Waals surface area contributed by atoms with E-state index in [1.54, 1.807) is 12.1 Å². The summed E-state index contributed by atoms with van der Waals surface area (Å²) < 4.78 is 13.9. The molecule has 98 valence electrons. The molecule has 0 atom stereocenters. The molecule has 0 radical (unpaired) electrons. The molecular weight excluding hydrogens is 261 g/mol. The summed E-state index contributed by atoms with van der Waals surface area (Å²) >= 11 is 6.05. The zero-order chi connectivity index (χ0) is 13.2. The molecule has 1 nitrogen and oxygen atoms in total. The van der Waals surface area contributed by atoms with Gasteiger partial charge in [-0.05, 0) is 42.2 Å². The normalized spacial score (nSPS) is 14.6. The van der Waals surface area contributed by atoms with Gasteiger partial charge in [-0.2, -0.15) is 0 Å². The number of hydrogen-bond acceptors (Lipinski definition) is 1. The third-order valence-corrected chi connectivity index (χ3v) is 3.62. The Morgan fingerprint density at radius 1 is 1.11 bits per heavy atom. The van der Waals surface area contributed by atoms with Crippen molar-refractivity contribution in [3.63, 3.8) is 0 Å². The smallest absolute Gasteiger partial charge is 0.131 e. The van der Waals surface area contributed by atoms with E-state index >= 15 is 0 Å². The summed E-state index contributed by atoms with van der Waals surface area (Å²) in [5, 5.41) is 4.14. The lowest BCUT2D eigenvalue weighted by Crippen LogP contribution is -2.16. The molecule has 0 unspecified atom stereocenters. The Hall–Kier alpha value is -1.38. The predicted octanol–water partition coefficient (Wildman–Crippen LogP) is 4.40. The average Bonchev–Trinajstić information content (AvgIpc) is 3.22. The Morgan fingerprint density at radius 3 is 2.63 bits per heavy atom. The minimum absolute atomic E-state index is 0.197. The number of rotatable bonds is 4. The minimum atomic E-state index is -0.197. The molecule has 1 saturated carbocycles. The summed E-state index contributed by atoms with van der Waals surface area (Å²) in [5.41, 5.74) is 2.59. The van der Waals surface area contributed by atoms with E-state index in [-0.39, 0.29) is 5.82 Å². The molecule has 0 saturated heterocycles. The second-order valence-corrected chi connectivity index (χ2v) is 5.37. The van der Waals surface area contributed by atoms with Gasteiger partial charge < -0.3 is 5.32 Å². The Bertz CT molecular complexity index is 593. The SMILES string of the molecule is Fc1ccccc1-c1ccc(Cl)cc1CNC1CC1. The maximum Gasteiger partial charge on any atom is 0.131 e. The highest BCUT2D eigenvalue weighted by Crippen LogP contribution is 2.29. The molecule has 0 aliphatic heterocycles. The lowest BCUT2D eigenvalue weighted by Gasteiger charge is -2.12. The zero-order valence-corrected chi connectivity index (χ0v) is 11.3. The van der Waals surface area contributed by atoms with Crippen molar-refractivity contribution in [2.75, 3.05) is 0 Å². The van der Waals surface area contributed by atoms with E-state index in [0.717, 1.165) is 17.7 Å². The van der Waals surface area contributed by atoms with Crippen LogP contribution in [0.2, 0.25) is 5.02 Å². The van der Waals surface area contributed by atoms with E-state index in [4.69, 9.17) is 11.6 Å². The van der Waals surface area contributed by atoms with Crippen molar-refractivity contribution < 1.29 is 4.39 Å². The first-order valence-corrected chi connectivity index (χ1v) is 6.88. The second-order valence-electron chi connectivity index (χ2n) is 4.94. The third kappa shape index (κ3) is 2.96. The Morgan fingerprint density at radius 2 is 1.89 bits per heavy atom. The Kier molecular flexibility index (Phi) is 3.54. The molecule has 1 fully saturated rings. The third-order valence-electron chi connectivity index (χ3n) is 3.39. The highest BCUT2D eigenvalue weighted by atomic mass is 35.5. The van der Waals surface area contributed by atoms with Gasteiger partial charge in [-0.15, -0.1) is 0 Å². The van der Waals surface area contributed by atoms with Crippen molar-refractivity contribution >= 4 is 11.6 Å². The number of benzene rings is 2. The topological polar surface area (TPSA) is 12.0 Å². The molecule has 3 rings (SSSR count).